The van der Waals surface area contributed by atoms with Crippen LogP contribution in [0.1, 0.15) is 12.5 Å². The van der Waals surface area contributed by atoms with E-state index < -0.39 is 9.84 Å². The van der Waals surface area contributed by atoms with Gasteiger partial charge >= 0.3 is 0 Å². The minimum absolute atomic E-state index is 0.0190. The Morgan fingerprint density at radius 2 is 2.18 bits per heavy atom. The standard InChI is InChI=1S/C11H12ClNO3S/c1-2-17(14,15)6-5-16-11-7-10(12)4-3-9(11)8-13/h3-4,7H,2,5-6H2,1H3. The van der Waals surface area contributed by atoms with Crippen LogP contribution in [0, 0.1) is 11.3 Å². The summed E-state index contributed by atoms with van der Waals surface area (Å²) in [7, 11) is -3.06. The topological polar surface area (TPSA) is 67.2 Å². The average Bonchev–Trinajstić information content (AvgIpc) is 2.29. The summed E-state index contributed by atoms with van der Waals surface area (Å²) in [5.41, 5.74) is 0.336. The Hall–Kier alpha value is -1.25. The third-order valence-corrected chi connectivity index (χ3v) is 4.06. The summed E-state index contributed by atoms with van der Waals surface area (Å²) in [6, 6.07) is 6.56. The van der Waals surface area contributed by atoms with E-state index in [1.54, 1.807) is 13.0 Å². The van der Waals surface area contributed by atoms with Crippen molar-refractivity contribution in [1.29, 1.82) is 5.26 Å². The lowest BCUT2D eigenvalue weighted by atomic mass is 10.2. The van der Waals surface area contributed by atoms with E-state index in [1.165, 1.54) is 12.1 Å². The van der Waals surface area contributed by atoms with Crippen molar-refractivity contribution < 1.29 is 13.2 Å². The second-order valence-corrected chi connectivity index (χ2v) is 6.25. The number of rotatable bonds is 5. The van der Waals surface area contributed by atoms with Crippen molar-refractivity contribution in [3.8, 4) is 11.8 Å². The van der Waals surface area contributed by atoms with Crippen molar-refractivity contribution in [2.75, 3.05) is 18.1 Å². The van der Waals surface area contributed by atoms with Crippen LogP contribution in [0.2, 0.25) is 5.02 Å². The quantitative estimate of drug-likeness (QED) is 0.823. The zero-order valence-electron chi connectivity index (χ0n) is 9.31. The Bertz CT molecular complexity index is 534. The Balaban J connectivity index is 2.70. The molecule has 4 nitrogen and oxygen atoms in total. The molecule has 0 heterocycles. The van der Waals surface area contributed by atoms with Gasteiger partial charge in [0.1, 0.15) is 18.4 Å². The van der Waals surface area contributed by atoms with Gasteiger partial charge in [-0.05, 0) is 12.1 Å². The van der Waals surface area contributed by atoms with Gasteiger partial charge in [0.15, 0.2) is 9.84 Å². The molecule has 0 spiro atoms. The van der Waals surface area contributed by atoms with Gasteiger partial charge in [-0.1, -0.05) is 18.5 Å². The first-order valence-electron chi connectivity index (χ1n) is 5.01. The van der Waals surface area contributed by atoms with Crippen molar-refractivity contribution in [3.05, 3.63) is 28.8 Å². The Morgan fingerprint density at radius 1 is 1.47 bits per heavy atom. The summed E-state index contributed by atoms with van der Waals surface area (Å²) in [4.78, 5) is 0. The molecule has 0 atom stereocenters. The lowest BCUT2D eigenvalue weighted by molar-refractivity contribution is 0.340. The summed E-state index contributed by atoms with van der Waals surface area (Å²) in [6.45, 7) is 1.60. The number of hydrogen-bond donors (Lipinski definition) is 0. The highest BCUT2D eigenvalue weighted by Gasteiger charge is 2.09. The minimum atomic E-state index is -3.06. The van der Waals surface area contributed by atoms with Gasteiger partial charge in [-0.3, -0.25) is 0 Å². The van der Waals surface area contributed by atoms with Crippen molar-refractivity contribution >= 4 is 21.4 Å². The fourth-order valence-corrected chi connectivity index (χ4v) is 1.92. The van der Waals surface area contributed by atoms with Gasteiger partial charge in [0.25, 0.3) is 0 Å². The van der Waals surface area contributed by atoms with Crippen LogP contribution >= 0.6 is 11.6 Å². The first-order chi connectivity index (χ1) is 7.98. The number of sulfone groups is 1. The lowest BCUT2D eigenvalue weighted by Gasteiger charge is -2.07. The largest absolute Gasteiger partial charge is 0.491 e. The van der Waals surface area contributed by atoms with Crippen LogP contribution in [0.25, 0.3) is 0 Å². The number of nitriles is 1. The van der Waals surface area contributed by atoms with Crippen LogP contribution in [-0.2, 0) is 9.84 Å². The predicted molar refractivity (Wildman–Crippen MR) is 66.0 cm³/mol. The second-order valence-electron chi connectivity index (χ2n) is 3.34. The zero-order chi connectivity index (χ0) is 12.9. The normalized spacial score (nSPS) is 10.9. The average molecular weight is 274 g/mol. The number of ether oxygens (including phenoxy) is 1. The minimum Gasteiger partial charge on any atom is -0.491 e. The molecule has 0 aliphatic rings. The maximum Gasteiger partial charge on any atom is 0.153 e. The highest BCUT2D eigenvalue weighted by molar-refractivity contribution is 7.91. The molecule has 0 aliphatic carbocycles. The number of nitrogens with zero attached hydrogens (tertiary/aromatic N) is 1. The molecule has 1 rings (SSSR count). The van der Waals surface area contributed by atoms with E-state index in [9.17, 15) is 8.42 Å². The van der Waals surface area contributed by atoms with Gasteiger partial charge in [0.05, 0.1) is 11.3 Å². The molecule has 1 aromatic carbocycles. The summed E-state index contributed by atoms with van der Waals surface area (Å²) in [5.74, 6) is 0.323. The molecule has 6 heteroatoms. The summed E-state index contributed by atoms with van der Waals surface area (Å²) >= 11 is 5.76. The molecule has 0 fully saturated rings. The molecular weight excluding hydrogens is 262 g/mol. The van der Waals surface area contributed by atoms with Crippen molar-refractivity contribution in [3.63, 3.8) is 0 Å². The third kappa shape index (κ3) is 4.25. The molecule has 0 radical (unpaired) electrons. The van der Waals surface area contributed by atoms with Gasteiger partial charge in [-0.15, -0.1) is 0 Å². The molecule has 92 valence electrons. The van der Waals surface area contributed by atoms with E-state index in [0.29, 0.717) is 16.3 Å². The van der Waals surface area contributed by atoms with Gasteiger partial charge in [0, 0.05) is 16.8 Å². The highest BCUT2D eigenvalue weighted by Crippen LogP contribution is 2.22. The van der Waals surface area contributed by atoms with E-state index in [1.807, 2.05) is 6.07 Å². The molecule has 0 saturated carbocycles. The fourth-order valence-electron chi connectivity index (χ4n) is 1.13. The van der Waals surface area contributed by atoms with Crippen LogP contribution in [0.5, 0.6) is 5.75 Å². The van der Waals surface area contributed by atoms with Crippen LogP contribution in [0.15, 0.2) is 18.2 Å². The van der Waals surface area contributed by atoms with Gasteiger partial charge < -0.3 is 4.74 Å². The highest BCUT2D eigenvalue weighted by atomic mass is 35.5. The Labute approximate surface area is 106 Å². The molecule has 1 aromatic rings. The molecule has 0 saturated heterocycles. The van der Waals surface area contributed by atoms with E-state index in [0.717, 1.165) is 0 Å². The monoisotopic (exact) mass is 273 g/mol. The third-order valence-electron chi connectivity index (χ3n) is 2.16. The Kier molecular flexibility index (Phi) is 4.79. The van der Waals surface area contributed by atoms with Crippen LogP contribution < -0.4 is 4.74 Å². The van der Waals surface area contributed by atoms with Crippen molar-refractivity contribution in [2.45, 2.75) is 6.92 Å². The number of hydrogen-bond acceptors (Lipinski definition) is 4. The van der Waals surface area contributed by atoms with Crippen molar-refractivity contribution in [1.82, 2.24) is 0 Å². The zero-order valence-corrected chi connectivity index (χ0v) is 10.9. The fraction of sp³-hybridized carbons (Fsp3) is 0.364. The molecule has 0 aliphatic heterocycles. The van der Waals surface area contributed by atoms with Gasteiger partial charge in [-0.25, -0.2) is 8.42 Å². The first kappa shape index (κ1) is 13.8. The number of benzene rings is 1. The van der Waals surface area contributed by atoms with Crippen molar-refractivity contribution in [2.24, 2.45) is 0 Å². The Morgan fingerprint density at radius 3 is 2.76 bits per heavy atom. The van der Waals surface area contributed by atoms with E-state index in [2.05, 4.69) is 0 Å². The summed E-state index contributed by atoms with van der Waals surface area (Å²) in [5, 5.41) is 9.27. The second kappa shape index (κ2) is 5.89. The lowest BCUT2D eigenvalue weighted by Crippen LogP contribution is -2.15. The van der Waals surface area contributed by atoms with Crippen LogP contribution in [0.3, 0.4) is 0 Å². The van der Waals surface area contributed by atoms with Crippen LogP contribution in [-0.4, -0.2) is 26.5 Å². The number of halogens is 1. The van der Waals surface area contributed by atoms with E-state index >= 15 is 0 Å². The molecule has 0 N–H and O–H groups in total. The molecule has 17 heavy (non-hydrogen) atoms. The maximum atomic E-state index is 11.2. The summed E-state index contributed by atoms with van der Waals surface area (Å²) in [6.07, 6.45) is 0. The molecule has 0 bridgehead atoms. The van der Waals surface area contributed by atoms with E-state index in [4.69, 9.17) is 21.6 Å². The molecule has 0 amide bonds. The molecule has 0 aromatic heterocycles. The molecule has 0 unspecified atom stereocenters. The van der Waals surface area contributed by atoms with Crippen LogP contribution in [0.4, 0.5) is 0 Å². The first-order valence-corrected chi connectivity index (χ1v) is 7.21. The smallest absolute Gasteiger partial charge is 0.153 e. The maximum absolute atomic E-state index is 11.2. The predicted octanol–water partition coefficient (Wildman–Crippen LogP) is 2.03. The summed E-state index contributed by atoms with van der Waals surface area (Å²) < 4.78 is 27.7. The van der Waals surface area contributed by atoms with Gasteiger partial charge in [-0.2, -0.15) is 5.26 Å². The van der Waals surface area contributed by atoms with Gasteiger partial charge in [0.2, 0.25) is 0 Å². The SMILES string of the molecule is CCS(=O)(=O)CCOc1cc(Cl)ccc1C#N. The van der Waals surface area contributed by atoms with E-state index in [-0.39, 0.29) is 18.1 Å². The molecular formula is C11H12ClNO3S.